The molecule has 0 heterocycles. The summed E-state index contributed by atoms with van der Waals surface area (Å²) in [5.74, 6) is 0.397. The van der Waals surface area contributed by atoms with E-state index in [4.69, 9.17) is 22.1 Å². The Morgan fingerprint density at radius 2 is 2.06 bits per heavy atom. The van der Waals surface area contributed by atoms with E-state index in [9.17, 15) is 0 Å². The number of halogens is 2. The Bertz CT molecular complexity index is 384. The van der Waals surface area contributed by atoms with Crippen LogP contribution in [0.25, 0.3) is 0 Å². The highest BCUT2D eigenvalue weighted by molar-refractivity contribution is 9.10. The molecular weight excluding hydrogens is 314 g/mol. The minimum absolute atomic E-state index is 0.0383. The first-order chi connectivity index (χ1) is 8.45. The molecule has 2 nitrogen and oxygen atoms in total. The van der Waals surface area contributed by atoms with Crippen molar-refractivity contribution in [3.8, 4) is 0 Å². The third kappa shape index (κ3) is 4.54. The van der Waals surface area contributed by atoms with Gasteiger partial charge in [0.15, 0.2) is 0 Å². The van der Waals surface area contributed by atoms with Gasteiger partial charge in [-0.2, -0.15) is 0 Å². The van der Waals surface area contributed by atoms with Gasteiger partial charge in [-0.15, -0.1) is 0 Å². The zero-order chi connectivity index (χ0) is 13.7. The van der Waals surface area contributed by atoms with Crippen LogP contribution >= 0.6 is 27.5 Å². The number of hydrogen-bond donors (Lipinski definition) is 1. The van der Waals surface area contributed by atoms with Gasteiger partial charge in [0.1, 0.15) is 0 Å². The predicted octanol–water partition coefficient (Wildman–Crippen LogP) is 4.03. The summed E-state index contributed by atoms with van der Waals surface area (Å²) in [5.41, 5.74) is 7.32. The largest absolute Gasteiger partial charge is 0.377 e. The van der Waals surface area contributed by atoms with Crippen LogP contribution in [-0.2, 0) is 11.2 Å². The normalized spacial score (nSPS) is 14.8. The highest BCUT2D eigenvalue weighted by Crippen LogP contribution is 2.24. The van der Waals surface area contributed by atoms with E-state index < -0.39 is 0 Å². The van der Waals surface area contributed by atoms with Crippen LogP contribution in [0.4, 0.5) is 0 Å². The minimum Gasteiger partial charge on any atom is -0.377 e. The second kappa shape index (κ2) is 7.49. The van der Waals surface area contributed by atoms with Gasteiger partial charge >= 0.3 is 0 Å². The minimum atomic E-state index is -0.0383. The summed E-state index contributed by atoms with van der Waals surface area (Å²) >= 11 is 9.61. The van der Waals surface area contributed by atoms with Gasteiger partial charge in [0.2, 0.25) is 0 Å². The van der Waals surface area contributed by atoms with Crippen molar-refractivity contribution < 1.29 is 4.74 Å². The second-order valence-electron chi connectivity index (χ2n) is 4.77. The Kier molecular flexibility index (Phi) is 6.64. The van der Waals surface area contributed by atoms with Gasteiger partial charge in [-0.25, -0.2) is 0 Å². The van der Waals surface area contributed by atoms with Gasteiger partial charge in [0, 0.05) is 22.1 Å². The van der Waals surface area contributed by atoms with Crippen LogP contribution in [0.3, 0.4) is 0 Å². The zero-order valence-electron chi connectivity index (χ0n) is 11.1. The van der Waals surface area contributed by atoms with Gasteiger partial charge < -0.3 is 10.5 Å². The first-order valence-electron chi connectivity index (χ1n) is 6.26. The molecule has 2 atom stereocenters. The molecule has 0 bridgehead atoms. The molecule has 1 rings (SSSR count). The van der Waals surface area contributed by atoms with E-state index in [2.05, 4.69) is 29.8 Å². The van der Waals surface area contributed by atoms with Crippen molar-refractivity contribution in [2.75, 3.05) is 6.61 Å². The highest BCUT2D eigenvalue weighted by Gasteiger charge is 2.22. The Morgan fingerprint density at radius 3 is 2.56 bits per heavy atom. The van der Waals surface area contributed by atoms with Crippen molar-refractivity contribution in [1.82, 2.24) is 0 Å². The lowest BCUT2D eigenvalue weighted by molar-refractivity contribution is 0.0128. The lowest BCUT2D eigenvalue weighted by atomic mass is 9.94. The number of hydrogen-bond acceptors (Lipinski definition) is 2. The summed E-state index contributed by atoms with van der Waals surface area (Å²) < 4.78 is 6.71. The molecule has 0 aliphatic carbocycles. The van der Waals surface area contributed by atoms with Crippen LogP contribution in [0.15, 0.2) is 22.7 Å². The summed E-state index contributed by atoms with van der Waals surface area (Å²) in [4.78, 5) is 0. The maximum absolute atomic E-state index is 6.25. The molecule has 0 saturated heterocycles. The Labute approximate surface area is 123 Å². The predicted molar refractivity (Wildman–Crippen MR) is 81.1 cm³/mol. The van der Waals surface area contributed by atoms with Crippen molar-refractivity contribution in [3.63, 3.8) is 0 Å². The van der Waals surface area contributed by atoms with Crippen molar-refractivity contribution in [3.05, 3.63) is 33.3 Å². The summed E-state index contributed by atoms with van der Waals surface area (Å²) in [6.45, 7) is 6.94. The third-order valence-corrected chi connectivity index (χ3v) is 3.75. The molecule has 2 N–H and O–H groups in total. The summed E-state index contributed by atoms with van der Waals surface area (Å²) in [7, 11) is 0. The van der Waals surface area contributed by atoms with Crippen LogP contribution in [0.5, 0.6) is 0 Å². The van der Waals surface area contributed by atoms with E-state index in [-0.39, 0.29) is 12.1 Å². The third-order valence-electron chi connectivity index (χ3n) is 2.91. The molecule has 0 aliphatic rings. The molecular formula is C14H21BrClNO. The van der Waals surface area contributed by atoms with Gasteiger partial charge in [-0.3, -0.25) is 0 Å². The zero-order valence-corrected chi connectivity index (χ0v) is 13.5. The second-order valence-corrected chi connectivity index (χ2v) is 6.09. The van der Waals surface area contributed by atoms with E-state index in [0.717, 1.165) is 21.5 Å². The molecule has 2 unspecified atom stereocenters. The van der Waals surface area contributed by atoms with E-state index in [1.165, 1.54) is 0 Å². The first-order valence-corrected chi connectivity index (χ1v) is 7.43. The maximum Gasteiger partial charge on any atom is 0.0751 e. The fourth-order valence-electron chi connectivity index (χ4n) is 2.06. The molecule has 0 spiro atoms. The quantitative estimate of drug-likeness (QED) is 0.852. The lowest BCUT2D eigenvalue weighted by Gasteiger charge is -2.27. The maximum atomic E-state index is 6.25. The van der Waals surface area contributed by atoms with Crippen molar-refractivity contribution >= 4 is 27.5 Å². The van der Waals surface area contributed by atoms with Crippen LogP contribution in [0.2, 0.25) is 5.02 Å². The van der Waals surface area contributed by atoms with Crippen LogP contribution in [-0.4, -0.2) is 18.8 Å². The monoisotopic (exact) mass is 333 g/mol. The van der Waals surface area contributed by atoms with Crippen molar-refractivity contribution in [2.24, 2.45) is 11.7 Å². The molecule has 0 amide bonds. The van der Waals surface area contributed by atoms with Crippen molar-refractivity contribution in [1.29, 1.82) is 0 Å². The fourth-order valence-corrected chi connectivity index (χ4v) is 2.81. The molecule has 1 aromatic rings. The van der Waals surface area contributed by atoms with Crippen molar-refractivity contribution in [2.45, 2.75) is 39.3 Å². The number of nitrogens with two attached hydrogens (primary N) is 1. The molecule has 102 valence electrons. The molecule has 0 aliphatic heterocycles. The van der Waals surface area contributed by atoms with Gasteiger partial charge in [0.05, 0.1) is 6.10 Å². The van der Waals surface area contributed by atoms with Gasteiger partial charge in [-0.1, -0.05) is 47.4 Å². The van der Waals surface area contributed by atoms with E-state index >= 15 is 0 Å². The smallest absolute Gasteiger partial charge is 0.0751 e. The first kappa shape index (κ1) is 16.0. The fraction of sp³-hybridized carbons (Fsp3) is 0.571. The summed E-state index contributed by atoms with van der Waals surface area (Å²) in [6.07, 6.45) is 0.796. The molecule has 0 fully saturated rings. The molecule has 4 heteroatoms. The van der Waals surface area contributed by atoms with Gasteiger partial charge in [0.25, 0.3) is 0 Å². The van der Waals surface area contributed by atoms with Crippen LogP contribution in [0.1, 0.15) is 26.3 Å². The molecule has 0 saturated carbocycles. The van der Waals surface area contributed by atoms with Gasteiger partial charge in [-0.05, 0) is 37.0 Å². The Morgan fingerprint density at radius 1 is 1.39 bits per heavy atom. The van der Waals surface area contributed by atoms with Crippen LogP contribution in [0, 0.1) is 5.92 Å². The molecule has 18 heavy (non-hydrogen) atoms. The standard InChI is InChI=1S/C14H21BrClNO/c1-4-18-14(9(2)3)13(17)7-10-5-6-11(15)8-12(10)16/h5-6,8-9,13-14H,4,7,17H2,1-3H3. The Hall–Kier alpha value is -0.0900. The highest BCUT2D eigenvalue weighted by atomic mass is 79.9. The topological polar surface area (TPSA) is 35.2 Å². The lowest BCUT2D eigenvalue weighted by Crippen LogP contribution is -2.42. The van der Waals surface area contributed by atoms with E-state index in [1.807, 2.05) is 25.1 Å². The van der Waals surface area contributed by atoms with E-state index in [1.54, 1.807) is 0 Å². The molecule has 1 aromatic carbocycles. The summed E-state index contributed by atoms with van der Waals surface area (Å²) in [5, 5.41) is 0.749. The molecule has 0 aromatic heterocycles. The number of ether oxygens (including phenoxy) is 1. The average molecular weight is 335 g/mol. The summed E-state index contributed by atoms with van der Waals surface area (Å²) in [6, 6.07) is 5.85. The molecule has 0 radical (unpaired) electrons. The van der Waals surface area contributed by atoms with Crippen LogP contribution < -0.4 is 5.73 Å². The van der Waals surface area contributed by atoms with E-state index in [0.29, 0.717) is 12.5 Å². The number of rotatable bonds is 6. The average Bonchev–Trinajstić information content (AvgIpc) is 2.29. The number of benzene rings is 1. The SMILES string of the molecule is CCOC(C(C)C)C(N)Cc1ccc(Br)cc1Cl. The Balaban J connectivity index is 2.75.